The maximum absolute atomic E-state index is 12.9. The highest BCUT2D eigenvalue weighted by Gasteiger charge is 2.36. The lowest BCUT2D eigenvalue weighted by atomic mass is 9.98. The molecule has 3 heterocycles. The summed E-state index contributed by atoms with van der Waals surface area (Å²) >= 11 is 1.66. The van der Waals surface area contributed by atoms with Gasteiger partial charge in [-0.1, -0.05) is 6.07 Å². The maximum atomic E-state index is 12.9. The van der Waals surface area contributed by atoms with Gasteiger partial charge in [-0.25, -0.2) is 0 Å². The molecule has 0 aliphatic carbocycles. The van der Waals surface area contributed by atoms with Crippen molar-refractivity contribution in [1.82, 2.24) is 9.47 Å². The number of aromatic nitrogens is 1. The van der Waals surface area contributed by atoms with Gasteiger partial charge in [-0.15, -0.1) is 11.3 Å². The molecule has 2 aromatic rings. The van der Waals surface area contributed by atoms with E-state index in [-0.39, 0.29) is 17.5 Å². The zero-order chi connectivity index (χ0) is 15.9. The van der Waals surface area contributed by atoms with E-state index in [0.29, 0.717) is 12.1 Å². The molecule has 116 valence electrons. The molecule has 2 aromatic heterocycles. The Morgan fingerprint density at radius 3 is 2.73 bits per heavy atom. The monoisotopic (exact) mass is 316 g/mol. The summed E-state index contributed by atoms with van der Waals surface area (Å²) in [5.74, 6) is -0.130. The second-order valence-electron chi connectivity index (χ2n) is 5.71. The first-order valence-corrected chi connectivity index (χ1v) is 8.48. The van der Waals surface area contributed by atoms with Crippen LogP contribution in [0.5, 0.6) is 0 Å². The second kappa shape index (κ2) is 5.72. The number of hydrogen-bond donors (Lipinski definition) is 0. The number of carbonyl (C=O) groups is 1. The third-order valence-electron chi connectivity index (χ3n) is 4.39. The third-order valence-corrected chi connectivity index (χ3v) is 5.36. The van der Waals surface area contributed by atoms with Crippen LogP contribution >= 0.6 is 11.3 Å². The van der Waals surface area contributed by atoms with E-state index in [2.05, 4.69) is 6.07 Å². The zero-order valence-corrected chi connectivity index (χ0v) is 13.9. The minimum Gasteiger partial charge on any atom is -0.330 e. The van der Waals surface area contributed by atoms with Gasteiger partial charge >= 0.3 is 0 Å². The standard InChI is InChI=1S/C17H20N2O2S/c1-4-18-12(3)10-11(2)15(16(18)20)17(21)19-8-7-13(19)14-6-5-9-22-14/h5-6,9-10,13H,4,7-8H2,1-3H3/t13-/m0/s1. The van der Waals surface area contributed by atoms with Gasteiger partial charge in [0.25, 0.3) is 11.5 Å². The van der Waals surface area contributed by atoms with Crippen LogP contribution in [0.1, 0.15) is 45.9 Å². The van der Waals surface area contributed by atoms with Crippen molar-refractivity contribution in [1.29, 1.82) is 0 Å². The van der Waals surface area contributed by atoms with Crippen LogP contribution in [0.25, 0.3) is 0 Å². The predicted molar refractivity (Wildman–Crippen MR) is 88.6 cm³/mol. The average Bonchev–Trinajstić information content (AvgIpc) is 2.90. The molecule has 3 rings (SSSR count). The van der Waals surface area contributed by atoms with Crippen molar-refractivity contribution in [3.05, 3.63) is 55.6 Å². The van der Waals surface area contributed by atoms with Crippen molar-refractivity contribution in [2.24, 2.45) is 0 Å². The molecular formula is C17H20N2O2S. The van der Waals surface area contributed by atoms with Crippen molar-refractivity contribution in [3.8, 4) is 0 Å². The molecule has 0 saturated carbocycles. The van der Waals surface area contributed by atoms with Crippen LogP contribution in [-0.4, -0.2) is 21.9 Å². The van der Waals surface area contributed by atoms with E-state index in [1.54, 1.807) is 15.9 Å². The van der Waals surface area contributed by atoms with E-state index < -0.39 is 0 Å². The van der Waals surface area contributed by atoms with E-state index in [9.17, 15) is 9.59 Å². The van der Waals surface area contributed by atoms with Gasteiger partial charge in [-0.3, -0.25) is 9.59 Å². The van der Waals surface area contributed by atoms with E-state index in [4.69, 9.17) is 0 Å². The molecule has 1 atom stereocenters. The summed E-state index contributed by atoms with van der Waals surface area (Å²) < 4.78 is 1.67. The number of rotatable bonds is 3. The van der Waals surface area contributed by atoms with Gasteiger partial charge in [0.2, 0.25) is 0 Å². The lowest BCUT2D eigenvalue weighted by Gasteiger charge is -2.40. The number of aryl methyl sites for hydroxylation is 2. The molecule has 22 heavy (non-hydrogen) atoms. The van der Waals surface area contributed by atoms with Gasteiger partial charge in [0, 0.05) is 23.7 Å². The molecule has 1 fully saturated rings. The maximum Gasteiger partial charge on any atom is 0.263 e. The molecule has 1 saturated heterocycles. The molecule has 5 heteroatoms. The summed E-state index contributed by atoms with van der Waals surface area (Å²) in [5.41, 5.74) is 1.84. The molecule has 0 spiro atoms. The largest absolute Gasteiger partial charge is 0.330 e. The molecule has 1 amide bonds. The van der Waals surface area contributed by atoms with Crippen LogP contribution in [0.2, 0.25) is 0 Å². The van der Waals surface area contributed by atoms with Crippen molar-refractivity contribution in [3.63, 3.8) is 0 Å². The van der Waals surface area contributed by atoms with Crippen LogP contribution in [0.4, 0.5) is 0 Å². The van der Waals surface area contributed by atoms with E-state index >= 15 is 0 Å². The SMILES string of the molecule is CCn1c(C)cc(C)c(C(=O)N2CC[C@H]2c2cccs2)c1=O. The Kier molecular flexibility index (Phi) is 3.91. The van der Waals surface area contributed by atoms with E-state index in [1.165, 1.54) is 4.88 Å². The molecule has 0 radical (unpaired) electrons. The molecular weight excluding hydrogens is 296 g/mol. The molecule has 0 bridgehead atoms. The molecule has 1 aliphatic rings. The Labute approximate surface area is 134 Å². The summed E-state index contributed by atoms with van der Waals surface area (Å²) in [6, 6.07) is 6.11. The number of thiophene rings is 1. The van der Waals surface area contributed by atoms with Gasteiger partial charge in [-0.2, -0.15) is 0 Å². The lowest BCUT2D eigenvalue weighted by molar-refractivity contribution is 0.0464. The van der Waals surface area contributed by atoms with E-state index in [1.807, 2.05) is 43.2 Å². The van der Waals surface area contributed by atoms with Crippen molar-refractivity contribution in [2.45, 2.75) is 39.8 Å². The van der Waals surface area contributed by atoms with Crippen LogP contribution in [-0.2, 0) is 6.54 Å². The second-order valence-corrected chi connectivity index (χ2v) is 6.69. The molecule has 1 aliphatic heterocycles. The van der Waals surface area contributed by atoms with Crippen LogP contribution in [0, 0.1) is 13.8 Å². The van der Waals surface area contributed by atoms with Crippen molar-refractivity contribution < 1.29 is 4.79 Å². The first kappa shape index (κ1) is 15.0. The fraction of sp³-hybridized carbons (Fsp3) is 0.412. The summed E-state index contributed by atoms with van der Waals surface area (Å²) in [7, 11) is 0. The highest BCUT2D eigenvalue weighted by molar-refractivity contribution is 7.10. The number of pyridine rings is 1. The normalized spacial score (nSPS) is 17.4. The first-order valence-electron chi connectivity index (χ1n) is 7.60. The van der Waals surface area contributed by atoms with Gasteiger partial charge in [0.15, 0.2) is 0 Å². The van der Waals surface area contributed by atoms with Gasteiger partial charge in [0.1, 0.15) is 5.56 Å². The smallest absolute Gasteiger partial charge is 0.263 e. The Bertz CT molecular complexity index is 762. The molecule has 0 N–H and O–H groups in total. The minimum atomic E-state index is -0.165. The minimum absolute atomic E-state index is 0.127. The number of hydrogen-bond acceptors (Lipinski definition) is 3. The number of nitrogens with zero attached hydrogens (tertiary/aromatic N) is 2. The molecule has 0 unspecified atom stereocenters. The third kappa shape index (κ3) is 2.29. The highest BCUT2D eigenvalue weighted by Crippen LogP contribution is 2.36. The topological polar surface area (TPSA) is 42.3 Å². The quantitative estimate of drug-likeness (QED) is 0.873. The fourth-order valence-corrected chi connectivity index (χ4v) is 4.00. The molecule has 4 nitrogen and oxygen atoms in total. The molecule has 0 aromatic carbocycles. The Hall–Kier alpha value is -1.88. The van der Waals surface area contributed by atoms with Gasteiger partial charge in [0.05, 0.1) is 6.04 Å². The van der Waals surface area contributed by atoms with Crippen LogP contribution < -0.4 is 5.56 Å². The Balaban J connectivity index is 1.98. The highest BCUT2D eigenvalue weighted by atomic mass is 32.1. The number of carbonyl (C=O) groups excluding carboxylic acids is 1. The summed E-state index contributed by atoms with van der Waals surface area (Å²) in [6.07, 6.45) is 0.971. The fourth-order valence-electron chi connectivity index (χ4n) is 3.13. The van der Waals surface area contributed by atoms with Gasteiger partial charge in [-0.05, 0) is 50.3 Å². The van der Waals surface area contributed by atoms with Crippen LogP contribution in [0.3, 0.4) is 0 Å². The number of likely N-dealkylation sites (tertiary alicyclic amines) is 1. The summed E-state index contributed by atoms with van der Waals surface area (Å²) in [4.78, 5) is 28.5. The summed E-state index contributed by atoms with van der Waals surface area (Å²) in [5, 5.41) is 2.03. The Morgan fingerprint density at radius 2 is 2.18 bits per heavy atom. The lowest BCUT2D eigenvalue weighted by Crippen LogP contribution is -2.47. The average molecular weight is 316 g/mol. The predicted octanol–water partition coefficient (Wildman–Crippen LogP) is 3.13. The Morgan fingerprint density at radius 1 is 1.41 bits per heavy atom. The first-order chi connectivity index (χ1) is 10.5. The summed E-state index contributed by atoms with van der Waals surface area (Å²) in [6.45, 7) is 6.99. The zero-order valence-electron chi connectivity index (χ0n) is 13.1. The van der Waals surface area contributed by atoms with E-state index in [0.717, 1.165) is 24.2 Å². The van der Waals surface area contributed by atoms with Crippen molar-refractivity contribution in [2.75, 3.05) is 6.54 Å². The van der Waals surface area contributed by atoms with Crippen molar-refractivity contribution >= 4 is 17.2 Å². The number of amides is 1. The van der Waals surface area contributed by atoms with Gasteiger partial charge < -0.3 is 9.47 Å². The van der Waals surface area contributed by atoms with Crippen LogP contribution in [0.15, 0.2) is 28.4 Å².